The van der Waals surface area contributed by atoms with Gasteiger partial charge in [-0.05, 0) is 43.6 Å². The van der Waals surface area contributed by atoms with Crippen molar-refractivity contribution in [1.82, 2.24) is 9.97 Å². The SMILES string of the molecule is CNc1nc(-c2cscc2C)nc2c1CCCCC2. The Balaban J connectivity index is 2.13. The van der Waals surface area contributed by atoms with E-state index in [0.29, 0.717) is 0 Å². The molecule has 100 valence electrons. The molecule has 0 aliphatic heterocycles. The third kappa shape index (κ3) is 2.37. The van der Waals surface area contributed by atoms with Crippen LogP contribution < -0.4 is 5.32 Å². The first kappa shape index (κ1) is 12.6. The van der Waals surface area contributed by atoms with Crippen LogP contribution in [0, 0.1) is 6.92 Å². The van der Waals surface area contributed by atoms with Gasteiger partial charge < -0.3 is 5.32 Å². The number of thiophene rings is 1. The van der Waals surface area contributed by atoms with E-state index in [1.54, 1.807) is 11.3 Å². The van der Waals surface area contributed by atoms with Gasteiger partial charge in [0.2, 0.25) is 0 Å². The van der Waals surface area contributed by atoms with E-state index in [9.17, 15) is 0 Å². The summed E-state index contributed by atoms with van der Waals surface area (Å²) in [5, 5.41) is 7.56. The lowest BCUT2D eigenvalue weighted by atomic mass is 10.1. The van der Waals surface area contributed by atoms with Crippen molar-refractivity contribution in [3.05, 3.63) is 27.6 Å². The van der Waals surface area contributed by atoms with Gasteiger partial charge in [-0.3, -0.25) is 0 Å². The van der Waals surface area contributed by atoms with E-state index in [4.69, 9.17) is 9.97 Å². The molecule has 19 heavy (non-hydrogen) atoms. The molecule has 2 heterocycles. The normalized spacial score (nSPS) is 14.8. The van der Waals surface area contributed by atoms with Crippen LogP contribution >= 0.6 is 11.3 Å². The number of rotatable bonds is 2. The minimum atomic E-state index is 0.878. The Bertz CT molecular complexity index is 589. The van der Waals surface area contributed by atoms with E-state index < -0.39 is 0 Å². The van der Waals surface area contributed by atoms with Crippen molar-refractivity contribution >= 4 is 17.2 Å². The number of nitrogens with one attached hydrogen (secondary N) is 1. The van der Waals surface area contributed by atoms with E-state index in [0.717, 1.165) is 24.5 Å². The average molecular weight is 273 g/mol. The van der Waals surface area contributed by atoms with E-state index in [-0.39, 0.29) is 0 Å². The molecule has 3 nitrogen and oxygen atoms in total. The second-order valence-electron chi connectivity index (χ2n) is 5.10. The number of nitrogens with zero attached hydrogens (tertiary/aromatic N) is 2. The van der Waals surface area contributed by atoms with E-state index >= 15 is 0 Å². The third-order valence-corrected chi connectivity index (χ3v) is 4.63. The molecule has 0 radical (unpaired) electrons. The number of aryl methyl sites for hydroxylation is 2. The maximum absolute atomic E-state index is 4.84. The van der Waals surface area contributed by atoms with E-state index in [1.165, 1.54) is 41.6 Å². The lowest BCUT2D eigenvalue weighted by Crippen LogP contribution is -2.06. The number of fused-ring (bicyclic) bond motifs is 1. The number of hydrogen-bond donors (Lipinski definition) is 1. The molecule has 2 aromatic rings. The second kappa shape index (κ2) is 5.29. The summed E-state index contributed by atoms with van der Waals surface area (Å²) in [6.07, 6.45) is 5.99. The van der Waals surface area contributed by atoms with E-state index in [1.807, 2.05) is 7.05 Å². The molecule has 1 N–H and O–H groups in total. The first-order valence-corrected chi connectivity index (χ1v) is 7.84. The topological polar surface area (TPSA) is 37.8 Å². The summed E-state index contributed by atoms with van der Waals surface area (Å²) in [4.78, 5) is 9.57. The molecular weight excluding hydrogens is 254 g/mol. The fourth-order valence-corrected chi connectivity index (χ4v) is 3.51. The smallest absolute Gasteiger partial charge is 0.162 e. The molecule has 1 aliphatic carbocycles. The van der Waals surface area contributed by atoms with Crippen LogP contribution in [0.4, 0.5) is 5.82 Å². The van der Waals surface area contributed by atoms with Gasteiger partial charge >= 0.3 is 0 Å². The molecule has 0 atom stereocenters. The average Bonchev–Trinajstić information content (AvgIpc) is 2.71. The molecular formula is C15H19N3S. The van der Waals surface area contributed by atoms with Crippen molar-refractivity contribution in [2.24, 2.45) is 0 Å². The fraction of sp³-hybridized carbons (Fsp3) is 0.467. The predicted octanol–water partition coefficient (Wildman–Crippen LogP) is 3.82. The molecule has 3 rings (SSSR count). The van der Waals surface area contributed by atoms with Crippen molar-refractivity contribution in [1.29, 1.82) is 0 Å². The quantitative estimate of drug-likeness (QED) is 0.845. The standard InChI is InChI=1S/C15H19N3S/c1-10-8-19-9-12(10)15-17-13-7-5-3-4-6-11(13)14(16-2)18-15/h8-9H,3-7H2,1-2H3,(H,16,17,18). The van der Waals surface area contributed by atoms with Crippen molar-refractivity contribution in [3.63, 3.8) is 0 Å². The highest BCUT2D eigenvalue weighted by molar-refractivity contribution is 7.08. The highest BCUT2D eigenvalue weighted by Gasteiger charge is 2.17. The van der Waals surface area contributed by atoms with Crippen LogP contribution in [-0.2, 0) is 12.8 Å². The molecule has 4 heteroatoms. The molecule has 1 aliphatic rings. The van der Waals surface area contributed by atoms with Crippen LogP contribution in [0.5, 0.6) is 0 Å². The van der Waals surface area contributed by atoms with Gasteiger partial charge in [0.1, 0.15) is 5.82 Å². The summed E-state index contributed by atoms with van der Waals surface area (Å²) in [5.41, 5.74) is 5.02. The zero-order valence-electron chi connectivity index (χ0n) is 11.5. The second-order valence-corrected chi connectivity index (χ2v) is 5.84. The summed E-state index contributed by atoms with van der Waals surface area (Å²) >= 11 is 1.72. The lowest BCUT2D eigenvalue weighted by molar-refractivity contribution is 0.709. The zero-order valence-corrected chi connectivity index (χ0v) is 12.3. The lowest BCUT2D eigenvalue weighted by Gasteiger charge is -2.12. The summed E-state index contributed by atoms with van der Waals surface area (Å²) < 4.78 is 0. The van der Waals surface area contributed by atoms with Crippen LogP contribution in [0.1, 0.15) is 36.1 Å². The van der Waals surface area contributed by atoms with Crippen LogP contribution in [0.2, 0.25) is 0 Å². The summed E-state index contributed by atoms with van der Waals surface area (Å²) in [6.45, 7) is 2.12. The predicted molar refractivity (Wildman–Crippen MR) is 80.9 cm³/mol. The third-order valence-electron chi connectivity index (χ3n) is 3.77. The van der Waals surface area contributed by atoms with Gasteiger partial charge in [0, 0.05) is 29.2 Å². The van der Waals surface area contributed by atoms with Gasteiger partial charge in [-0.1, -0.05) is 6.42 Å². The summed E-state index contributed by atoms with van der Waals surface area (Å²) in [6, 6.07) is 0. The number of aromatic nitrogens is 2. The largest absolute Gasteiger partial charge is 0.373 e. The van der Waals surface area contributed by atoms with Gasteiger partial charge in [0.15, 0.2) is 5.82 Å². The van der Waals surface area contributed by atoms with Crippen molar-refractivity contribution < 1.29 is 0 Å². The maximum atomic E-state index is 4.84. The first-order chi connectivity index (χ1) is 9.29. The first-order valence-electron chi connectivity index (χ1n) is 6.90. The van der Waals surface area contributed by atoms with Crippen molar-refractivity contribution in [2.45, 2.75) is 39.0 Å². The summed E-state index contributed by atoms with van der Waals surface area (Å²) in [5.74, 6) is 1.90. The molecule has 0 saturated carbocycles. The maximum Gasteiger partial charge on any atom is 0.162 e. The van der Waals surface area contributed by atoms with Gasteiger partial charge in [-0.25, -0.2) is 9.97 Å². The number of anilines is 1. The van der Waals surface area contributed by atoms with Crippen molar-refractivity contribution in [2.75, 3.05) is 12.4 Å². The van der Waals surface area contributed by atoms with Gasteiger partial charge in [0.25, 0.3) is 0 Å². The minimum Gasteiger partial charge on any atom is -0.373 e. The summed E-state index contributed by atoms with van der Waals surface area (Å²) in [7, 11) is 1.96. The van der Waals surface area contributed by atoms with Crippen LogP contribution in [0.15, 0.2) is 10.8 Å². The van der Waals surface area contributed by atoms with Crippen LogP contribution in [-0.4, -0.2) is 17.0 Å². The molecule has 0 amide bonds. The minimum absolute atomic E-state index is 0.878. The van der Waals surface area contributed by atoms with Gasteiger partial charge in [-0.2, -0.15) is 11.3 Å². The molecule has 2 aromatic heterocycles. The van der Waals surface area contributed by atoms with Gasteiger partial charge in [-0.15, -0.1) is 0 Å². The molecule has 0 aromatic carbocycles. The highest BCUT2D eigenvalue weighted by Crippen LogP contribution is 2.30. The Kier molecular flexibility index (Phi) is 3.51. The monoisotopic (exact) mass is 273 g/mol. The molecule has 0 fully saturated rings. The molecule has 0 unspecified atom stereocenters. The Morgan fingerprint density at radius 3 is 2.68 bits per heavy atom. The number of hydrogen-bond acceptors (Lipinski definition) is 4. The fourth-order valence-electron chi connectivity index (χ4n) is 2.69. The zero-order chi connectivity index (χ0) is 13.2. The molecule has 0 saturated heterocycles. The Labute approximate surface area is 118 Å². The van der Waals surface area contributed by atoms with Gasteiger partial charge in [0.05, 0.1) is 0 Å². The highest BCUT2D eigenvalue weighted by atomic mass is 32.1. The Hall–Kier alpha value is -1.42. The Morgan fingerprint density at radius 1 is 1.11 bits per heavy atom. The molecule has 0 spiro atoms. The van der Waals surface area contributed by atoms with Crippen LogP contribution in [0.3, 0.4) is 0 Å². The Morgan fingerprint density at radius 2 is 1.95 bits per heavy atom. The van der Waals surface area contributed by atoms with Crippen LogP contribution in [0.25, 0.3) is 11.4 Å². The molecule has 0 bridgehead atoms. The van der Waals surface area contributed by atoms with Crippen molar-refractivity contribution in [3.8, 4) is 11.4 Å². The van der Waals surface area contributed by atoms with E-state index in [2.05, 4.69) is 23.0 Å².